The van der Waals surface area contributed by atoms with E-state index in [4.69, 9.17) is 37.4 Å². The number of aromatic nitrogens is 3. The highest BCUT2D eigenvalue weighted by Gasteiger charge is 2.34. The highest BCUT2D eigenvalue weighted by atomic mass is 35.5. The fourth-order valence-corrected chi connectivity index (χ4v) is 4.81. The predicted octanol–water partition coefficient (Wildman–Crippen LogP) is 6.11. The molecule has 39 heavy (non-hydrogen) atoms. The third kappa shape index (κ3) is 5.36. The van der Waals surface area contributed by atoms with Crippen LogP contribution in [0.2, 0.25) is 10.0 Å². The molecular formula is C28H25Cl2N5O4. The number of rotatable bonds is 8. The van der Waals surface area contributed by atoms with E-state index in [0.717, 1.165) is 11.1 Å². The van der Waals surface area contributed by atoms with E-state index < -0.39 is 6.04 Å². The van der Waals surface area contributed by atoms with E-state index in [1.807, 2.05) is 55.5 Å². The SMILES string of the molecule is COc1cc(NC(=O)C2=C(C)Nc3ncnn3C2c2cccc(OCc3ccccc3Cl)c2)c(OC)cc1Cl. The molecule has 5 rings (SSSR count). The van der Waals surface area contributed by atoms with Crippen molar-refractivity contribution in [1.82, 2.24) is 14.8 Å². The summed E-state index contributed by atoms with van der Waals surface area (Å²) in [4.78, 5) is 18.1. The van der Waals surface area contributed by atoms with Crippen LogP contribution in [0.25, 0.3) is 0 Å². The van der Waals surface area contributed by atoms with Crippen molar-refractivity contribution in [2.75, 3.05) is 24.9 Å². The van der Waals surface area contributed by atoms with Crippen LogP contribution in [-0.4, -0.2) is 34.9 Å². The summed E-state index contributed by atoms with van der Waals surface area (Å²) in [5.41, 5.74) is 3.12. The zero-order chi connectivity index (χ0) is 27.5. The Bertz CT molecular complexity index is 1570. The number of fused-ring (bicyclic) bond motifs is 1. The summed E-state index contributed by atoms with van der Waals surface area (Å²) in [6, 6.07) is 17.6. The lowest BCUT2D eigenvalue weighted by Gasteiger charge is -2.29. The summed E-state index contributed by atoms with van der Waals surface area (Å²) < 4.78 is 18.5. The monoisotopic (exact) mass is 565 g/mol. The standard InChI is InChI=1S/C28H25Cl2N5O4/c1-16-25(27(36)34-22-13-23(37-2)21(30)12-24(22)38-3)26(35-28(33-16)31-15-32-35)17-8-6-9-19(11-17)39-14-18-7-4-5-10-20(18)29/h4-13,15,26H,14H2,1-3H3,(H,34,36)(H,31,32,33). The second kappa shape index (κ2) is 11.3. The molecule has 1 aliphatic heterocycles. The van der Waals surface area contributed by atoms with Gasteiger partial charge in [-0.25, -0.2) is 4.68 Å². The third-order valence-corrected chi connectivity index (χ3v) is 6.95. The van der Waals surface area contributed by atoms with Gasteiger partial charge < -0.3 is 24.8 Å². The van der Waals surface area contributed by atoms with E-state index in [0.29, 0.717) is 56.8 Å². The fraction of sp³-hybridized carbons (Fsp3) is 0.179. The summed E-state index contributed by atoms with van der Waals surface area (Å²) in [5.74, 6) is 1.57. The lowest BCUT2D eigenvalue weighted by molar-refractivity contribution is -0.113. The van der Waals surface area contributed by atoms with Crippen molar-refractivity contribution in [3.05, 3.63) is 99.4 Å². The molecule has 1 unspecified atom stereocenters. The van der Waals surface area contributed by atoms with Gasteiger partial charge in [0, 0.05) is 28.4 Å². The number of hydrogen-bond donors (Lipinski definition) is 2. The van der Waals surface area contributed by atoms with Crippen LogP contribution in [0.1, 0.15) is 24.1 Å². The van der Waals surface area contributed by atoms with E-state index in [9.17, 15) is 4.79 Å². The Kier molecular flexibility index (Phi) is 7.63. The molecule has 200 valence electrons. The van der Waals surface area contributed by atoms with Gasteiger partial charge in [-0.1, -0.05) is 53.5 Å². The number of hydrogen-bond acceptors (Lipinski definition) is 7. The number of nitrogens with one attached hydrogen (secondary N) is 2. The zero-order valence-electron chi connectivity index (χ0n) is 21.4. The van der Waals surface area contributed by atoms with E-state index in [-0.39, 0.29) is 5.91 Å². The van der Waals surface area contributed by atoms with Crippen LogP contribution >= 0.6 is 23.2 Å². The number of amides is 1. The molecule has 1 aromatic heterocycles. The Morgan fingerprint density at radius 2 is 1.82 bits per heavy atom. The summed E-state index contributed by atoms with van der Waals surface area (Å²) >= 11 is 12.5. The van der Waals surface area contributed by atoms with E-state index in [2.05, 4.69) is 20.7 Å². The van der Waals surface area contributed by atoms with Gasteiger partial charge in [-0.2, -0.15) is 10.1 Å². The molecule has 3 aromatic carbocycles. The highest BCUT2D eigenvalue weighted by molar-refractivity contribution is 6.32. The number of nitrogens with zero attached hydrogens (tertiary/aromatic N) is 3. The average Bonchev–Trinajstić information content (AvgIpc) is 3.40. The Morgan fingerprint density at radius 3 is 2.59 bits per heavy atom. The van der Waals surface area contributed by atoms with Crippen LogP contribution in [-0.2, 0) is 11.4 Å². The molecule has 0 aliphatic carbocycles. The minimum atomic E-state index is -0.590. The van der Waals surface area contributed by atoms with Gasteiger partial charge in [-0.3, -0.25) is 4.79 Å². The highest BCUT2D eigenvalue weighted by Crippen LogP contribution is 2.39. The fourth-order valence-electron chi connectivity index (χ4n) is 4.39. The second-order valence-corrected chi connectivity index (χ2v) is 9.50. The minimum Gasteiger partial charge on any atom is -0.495 e. The van der Waals surface area contributed by atoms with E-state index >= 15 is 0 Å². The number of anilines is 2. The molecular weight excluding hydrogens is 541 g/mol. The average molecular weight is 566 g/mol. The first-order valence-corrected chi connectivity index (χ1v) is 12.7. The maximum atomic E-state index is 13.8. The minimum absolute atomic E-state index is 0.296. The summed E-state index contributed by atoms with van der Waals surface area (Å²) in [6.07, 6.45) is 1.44. The second-order valence-electron chi connectivity index (χ2n) is 8.69. The number of ether oxygens (including phenoxy) is 3. The number of methoxy groups -OCH3 is 2. The summed E-state index contributed by atoms with van der Waals surface area (Å²) in [7, 11) is 3.00. The number of benzene rings is 3. The normalized spacial score (nSPS) is 14.3. The predicted molar refractivity (Wildman–Crippen MR) is 150 cm³/mol. The molecule has 0 radical (unpaired) electrons. The molecule has 0 fully saturated rings. The van der Waals surface area contributed by atoms with Crippen LogP contribution in [0.5, 0.6) is 17.2 Å². The Balaban J connectivity index is 1.49. The molecule has 2 heterocycles. The third-order valence-electron chi connectivity index (χ3n) is 6.29. The van der Waals surface area contributed by atoms with Crippen molar-refractivity contribution >= 4 is 40.7 Å². The van der Waals surface area contributed by atoms with E-state index in [1.165, 1.54) is 20.5 Å². The van der Waals surface area contributed by atoms with Crippen LogP contribution in [0.4, 0.5) is 11.6 Å². The molecule has 1 atom stereocenters. The van der Waals surface area contributed by atoms with Gasteiger partial charge in [0.1, 0.15) is 36.2 Å². The van der Waals surface area contributed by atoms with Crippen LogP contribution in [0.15, 0.2) is 78.3 Å². The first-order valence-electron chi connectivity index (χ1n) is 12.0. The molecule has 0 saturated heterocycles. The topological polar surface area (TPSA) is 99.5 Å². The maximum Gasteiger partial charge on any atom is 0.255 e. The molecule has 4 aromatic rings. The molecule has 9 nitrogen and oxygen atoms in total. The Hall–Kier alpha value is -4.21. The van der Waals surface area contributed by atoms with Crippen molar-refractivity contribution < 1.29 is 19.0 Å². The Labute approximate surface area is 235 Å². The maximum absolute atomic E-state index is 13.8. The van der Waals surface area contributed by atoms with Gasteiger partial charge in [0.25, 0.3) is 5.91 Å². The van der Waals surface area contributed by atoms with Gasteiger partial charge in [0.2, 0.25) is 5.95 Å². The number of halogens is 2. The quantitative estimate of drug-likeness (QED) is 0.266. The van der Waals surface area contributed by atoms with Gasteiger partial charge >= 0.3 is 0 Å². The van der Waals surface area contributed by atoms with Gasteiger partial charge in [-0.15, -0.1) is 0 Å². The molecule has 1 amide bonds. The zero-order valence-corrected chi connectivity index (χ0v) is 22.9. The van der Waals surface area contributed by atoms with Crippen molar-refractivity contribution in [1.29, 1.82) is 0 Å². The number of carbonyl (C=O) groups excluding carboxylic acids is 1. The first-order chi connectivity index (χ1) is 18.9. The molecule has 2 N–H and O–H groups in total. The largest absolute Gasteiger partial charge is 0.495 e. The van der Waals surface area contributed by atoms with Crippen molar-refractivity contribution in [3.8, 4) is 17.2 Å². The number of carbonyl (C=O) groups is 1. The lowest BCUT2D eigenvalue weighted by atomic mass is 9.94. The van der Waals surface area contributed by atoms with Gasteiger partial charge in [0.05, 0.1) is 30.5 Å². The number of allylic oxidation sites excluding steroid dienone is 1. The molecule has 0 bridgehead atoms. The first kappa shape index (κ1) is 26.4. The van der Waals surface area contributed by atoms with Gasteiger partial charge in [-0.05, 0) is 30.7 Å². The molecule has 1 aliphatic rings. The van der Waals surface area contributed by atoms with Crippen molar-refractivity contribution in [3.63, 3.8) is 0 Å². The van der Waals surface area contributed by atoms with E-state index in [1.54, 1.807) is 16.8 Å². The Morgan fingerprint density at radius 1 is 1.03 bits per heavy atom. The molecule has 0 spiro atoms. The van der Waals surface area contributed by atoms with Crippen LogP contribution in [0.3, 0.4) is 0 Å². The molecule has 11 heteroatoms. The van der Waals surface area contributed by atoms with Gasteiger partial charge in [0.15, 0.2) is 0 Å². The van der Waals surface area contributed by atoms with Crippen molar-refractivity contribution in [2.45, 2.75) is 19.6 Å². The molecule has 0 saturated carbocycles. The smallest absolute Gasteiger partial charge is 0.255 e. The summed E-state index contributed by atoms with van der Waals surface area (Å²) in [6.45, 7) is 2.11. The lowest BCUT2D eigenvalue weighted by Crippen LogP contribution is -2.31. The van der Waals surface area contributed by atoms with Crippen LogP contribution < -0.4 is 24.8 Å². The summed E-state index contributed by atoms with van der Waals surface area (Å²) in [5, 5.41) is 11.5. The van der Waals surface area contributed by atoms with Crippen LogP contribution in [0, 0.1) is 0 Å². The van der Waals surface area contributed by atoms with Crippen molar-refractivity contribution in [2.24, 2.45) is 0 Å².